The average molecular weight is 382 g/mol. The molecule has 0 aliphatic heterocycles. The molecule has 5 heteroatoms. The molecule has 0 bridgehead atoms. The summed E-state index contributed by atoms with van der Waals surface area (Å²) in [7, 11) is 3.96. The van der Waals surface area contributed by atoms with Gasteiger partial charge in [-0.25, -0.2) is 0 Å². The van der Waals surface area contributed by atoms with Gasteiger partial charge in [-0.1, -0.05) is 63.2 Å². The molecule has 1 atom stereocenters. The standard InChI is InChI=1S/C23H31N3O2/c1-23(2,3)19-13-11-18(12-14-19)22(28)25-16-21(27)24-15-20(26(4)5)17-9-7-6-8-10-17/h6-14,20H,15-16H2,1-5H3,(H,24,27)(H,25,28). The van der Waals surface area contributed by atoms with E-state index in [0.717, 1.165) is 11.1 Å². The molecule has 0 aliphatic carbocycles. The quantitative estimate of drug-likeness (QED) is 0.775. The molecule has 5 nitrogen and oxygen atoms in total. The highest BCUT2D eigenvalue weighted by Crippen LogP contribution is 2.22. The van der Waals surface area contributed by atoms with Gasteiger partial charge < -0.3 is 15.5 Å². The van der Waals surface area contributed by atoms with E-state index in [4.69, 9.17) is 0 Å². The molecule has 0 heterocycles. The summed E-state index contributed by atoms with van der Waals surface area (Å²) in [5, 5.41) is 5.59. The Bertz CT molecular complexity index is 778. The summed E-state index contributed by atoms with van der Waals surface area (Å²) < 4.78 is 0. The van der Waals surface area contributed by atoms with Crippen LogP contribution in [0.4, 0.5) is 0 Å². The van der Waals surface area contributed by atoms with Crippen molar-refractivity contribution in [2.45, 2.75) is 32.2 Å². The van der Waals surface area contributed by atoms with Crippen LogP contribution in [0.3, 0.4) is 0 Å². The van der Waals surface area contributed by atoms with E-state index in [2.05, 4.69) is 36.3 Å². The Hall–Kier alpha value is -2.66. The number of likely N-dealkylation sites (N-methyl/N-ethyl adjacent to an activating group) is 1. The van der Waals surface area contributed by atoms with E-state index < -0.39 is 0 Å². The van der Waals surface area contributed by atoms with E-state index >= 15 is 0 Å². The molecule has 150 valence electrons. The summed E-state index contributed by atoms with van der Waals surface area (Å²) >= 11 is 0. The Morgan fingerprint density at radius 1 is 0.929 bits per heavy atom. The zero-order valence-electron chi connectivity index (χ0n) is 17.5. The van der Waals surface area contributed by atoms with Gasteiger partial charge in [-0.05, 0) is 42.8 Å². The van der Waals surface area contributed by atoms with Gasteiger partial charge in [0.1, 0.15) is 0 Å². The van der Waals surface area contributed by atoms with Crippen LogP contribution in [0.2, 0.25) is 0 Å². The highest BCUT2D eigenvalue weighted by atomic mass is 16.2. The Balaban J connectivity index is 1.85. The number of nitrogens with one attached hydrogen (secondary N) is 2. The lowest BCUT2D eigenvalue weighted by Gasteiger charge is -2.25. The van der Waals surface area contributed by atoms with Crippen LogP contribution >= 0.6 is 0 Å². The lowest BCUT2D eigenvalue weighted by atomic mass is 9.87. The third-order valence-electron chi connectivity index (χ3n) is 4.72. The first-order valence-corrected chi connectivity index (χ1v) is 9.55. The van der Waals surface area contributed by atoms with Crippen LogP contribution in [0.25, 0.3) is 0 Å². The van der Waals surface area contributed by atoms with Crippen LogP contribution in [0, 0.1) is 0 Å². The maximum absolute atomic E-state index is 12.3. The lowest BCUT2D eigenvalue weighted by molar-refractivity contribution is -0.120. The van der Waals surface area contributed by atoms with Gasteiger partial charge in [-0.2, -0.15) is 0 Å². The molecule has 28 heavy (non-hydrogen) atoms. The first-order chi connectivity index (χ1) is 13.2. The number of carbonyl (C=O) groups excluding carboxylic acids is 2. The highest BCUT2D eigenvalue weighted by molar-refractivity contribution is 5.96. The molecule has 2 N–H and O–H groups in total. The number of hydrogen-bond donors (Lipinski definition) is 2. The van der Waals surface area contributed by atoms with Crippen molar-refractivity contribution in [3.63, 3.8) is 0 Å². The van der Waals surface area contributed by atoms with Crippen molar-refractivity contribution in [1.82, 2.24) is 15.5 Å². The van der Waals surface area contributed by atoms with Crippen LogP contribution < -0.4 is 10.6 Å². The minimum Gasteiger partial charge on any atom is -0.353 e. The van der Waals surface area contributed by atoms with Gasteiger partial charge in [0.25, 0.3) is 5.91 Å². The molecule has 0 aromatic heterocycles. The molecule has 0 saturated carbocycles. The SMILES string of the molecule is CN(C)C(CNC(=O)CNC(=O)c1ccc(C(C)(C)C)cc1)c1ccccc1. The van der Waals surface area contributed by atoms with E-state index in [0.29, 0.717) is 12.1 Å². The number of nitrogens with zero attached hydrogens (tertiary/aromatic N) is 1. The van der Waals surface area contributed by atoms with E-state index in [1.807, 2.05) is 56.6 Å². The summed E-state index contributed by atoms with van der Waals surface area (Å²) in [5.41, 5.74) is 2.89. The van der Waals surface area contributed by atoms with Crippen LogP contribution in [-0.2, 0) is 10.2 Å². The van der Waals surface area contributed by atoms with Crippen molar-refractivity contribution in [2.75, 3.05) is 27.2 Å². The monoisotopic (exact) mass is 381 g/mol. The second-order valence-corrected chi connectivity index (χ2v) is 8.20. The Kier molecular flexibility index (Phi) is 7.35. The summed E-state index contributed by atoms with van der Waals surface area (Å²) in [4.78, 5) is 26.5. The topological polar surface area (TPSA) is 61.4 Å². The minimum atomic E-state index is -0.247. The van der Waals surface area contributed by atoms with Crippen LogP contribution in [-0.4, -0.2) is 43.9 Å². The Morgan fingerprint density at radius 3 is 2.07 bits per heavy atom. The molecule has 0 fully saturated rings. The molecule has 0 radical (unpaired) electrons. The van der Waals surface area contributed by atoms with Gasteiger partial charge in [-0.15, -0.1) is 0 Å². The first kappa shape index (κ1) is 21.6. The molecular weight excluding hydrogens is 350 g/mol. The highest BCUT2D eigenvalue weighted by Gasteiger charge is 2.16. The van der Waals surface area contributed by atoms with E-state index in [1.165, 1.54) is 0 Å². The van der Waals surface area contributed by atoms with Crippen molar-refractivity contribution < 1.29 is 9.59 Å². The number of benzene rings is 2. The van der Waals surface area contributed by atoms with Crippen molar-refractivity contribution in [3.8, 4) is 0 Å². The molecule has 2 rings (SSSR count). The maximum atomic E-state index is 12.3. The third-order valence-corrected chi connectivity index (χ3v) is 4.72. The lowest BCUT2D eigenvalue weighted by Crippen LogP contribution is -2.40. The van der Waals surface area contributed by atoms with Gasteiger partial charge in [0.2, 0.25) is 5.91 Å². The molecule has 2 amide bonds. The Labute approximate surface area is 168 Å². The van der Waals surface area contributed by atoms with Gasteiger partial charge in [0.15, 0.2) is 0 Å². The van der Waals surface area contributed by atoms with Gasteiger partial charge in [-0.3, -0.25) is 9.59 Å². The van der Waals surface area contributed by atoms with E-state index in [-0.39, 0.29) is 29.8 Å². The zero-order valence-corrected chi connectivity index (χ0v) is 17.5. The first-order valence-electron chi connectivity index (χ1n) is 9.55. The van der Waals surface area contributed by atoms with Crippen molar-refractivity contribution in [3.05, 3.63) is 71.3 Å². The summed E-state index contributed by atoms with van der Waals surface area (Å²) in [5.74, 6) is -0.453. The Morgan fingerprint density at radius 2 is 1.54 bits per heavy atom. The van der Waals surface area contributed by atoms with Gasteiger partial charge in [0.05, 0.1) is 12.6 Å². The van der Waals surface area contributed by atoms with Crippen LogP contribution in [0.15, 0.2) is 54.6 Å². The zero-order chi connectivity index (χ0) is 20.7. The van der Waals surface area contributed by atoms with E-state index in [1.54, 1.807) is 12.1 Å². The number of rotatable bonds is 7. The summed E-state index contributed by atoms with van der Waals surface area (Å²) in [6.45, 7) is 6.81. The molecule has 0 spiro atoms. The molecule has 2 aromatic carbocycles. The normalized spacial score (nSPS) is 12.5. The van der Waals surface area contributed by atoms with Crippen molar-refractivity contribution in [1.29, 1.82) is 0 Å². The minimum absolute atomic E-state index is 0.0383. The average Bonchev–Trinajstić information content (AvgIpc) is 2.66. The van der Waals surface area contributed by atoms with Gasteiger partial charge in [0, 0.05) is 12.1 Å². The number of amides is 2. The predicted octanol–water partition coefficient (Wildman–Crippen LogP) is 3.13. The van der Waals surface area contributed by atoms with E-state index in [9.17, 15) is 9.59 Å². The molecule has 2 aromatic rings. The predicted molar refractivity (Wildman–Crippen MR) is 113 cm³/mol. The number of hydrogen-bond acceptors (Lipinski definition) is 3. The largest absolute Gasteiger partial charge is 0.353 e. The molecule has 0 aliphatic rings. The number of carbonyl (C=O) groups is 2. The fourth-order valence-electron chi connectivity index (χ4n) is 2.93. The molecule has 0 saturated heterocycles. The second-order valence-electron chi connectivity index (χ2n) is 8.20. The molecular formula is C23H31N3O2. The smallest absolute Gasteiger partial charge is 0.251 e. The maximum Gasteiger partial charge on any atom is 0.251 e. The summed E-state index contributed by atoms with van der Waals surface area (Å²) in [6, 6.07) is 17.6. The van der Waals surface area contributed by atoms with Crippen LogP contribution in [0.1, 0.15) is 48.3 Å². The second kappa shape index (κ2) is 9.51. The van der Waals surface area contributed by atoms with Crippen molar-refractivity contribution >= 4 is 11.8 Å². The van der Waals surface area contributed by atoms with Gasteiger partial charge >= 0.3 is 0 Å². The summed E-state index contributed by atoms with van der Waals surface area (Å²) in [6.07, 6.45) is 0. The fraction of sp³-hybridized carbons (Fsp3) is 0.391. The fourth-order valence-corrected chi connectivity index (χ4v) is 2.93. The third kappa shape index (κ3) is 6.20. The van der Waals surface area contributed by atoms with Crippen LogP contribution in [0.5, 0.6) is 0 Å². The van der Waals surface area contributed by atoms with Crippen molar-refractivity contribution in [2.24, 2.45) is 0 Å². The molecule has 1 unspecified atom stereocenters.